The number of methoxy groups -OCH3 is 4. The Morgan fingerprint density at radius 2 is 1.31 bits per heavy atom. The van der Waals surface area contributed by atoms with E-state index in [0.717, 1.165) is 28.4 Å². The van der Waals surface area contributed by atoms with Gasteiger partial charge in [-0.2, -0.15) is 8.80 Å². The van der Waals surface area contributed by atoms with E-state index in [1.807, 2.05) is 0 Å². The molecule has 0 aromatic carbocycles. The van der Waals surface area contributed by atoms with E-state index in [9.17, 15) is 19.2 Å². The van der Waals surface area contributed by atoms with E-state index >= 15 is 0 Å². The quantitative estimate of drug-likeness (QED) is 0.359. The number of esters is 4. The average Bonchev–Trinajstić information content (AvgIpc) is 3.14. The Hall–Kier alpha value is -3.95. The molecule has 29 heavy (non-hydrogen) atoms. The molecule has 0 aliphatic heterocycles. The lowest BCUT2D eigenvalue weighted by molar-refractivity contribution is -0.513. The molecule has 3 heterocycles. The molecule has 3 aromatic heterocycles. The average molecular weight is 401 g/mol. The normalized spacial score (nSPS) is 10.6. The Kier molecular flexibility index (Phi) is 5.18. The van der Waals surface area contributed by atoms with E-state index in [0.29, 0.717) is 5.52 Å². The number of nitrogens with zero attached hydrogens (tertiary/aromatic N) is 2. The summed E-state index contributed by atoms with van der Waals surface area (Å²) < 4.78 is 22.1. The molecule has 0 aliphatic rings. The Bertz CT molecular complexity index is 1180. The molecule has 0 spiro atoms. The van der Waals surface area contributed by atoms with Crippen LogP contribution in [0.15, 0.2) is 30.6 Å². The molecular weight excluding hydrogens is 384 g/mol. The molecule has 3 aromatic rings. The summed E-state index contributed by atoms with van der Waals surface area (Å²) in [5.74, 6) is -3.88. The van der Waals surface area contributed by atoms with E-state index in [2.05, 4.69) is 0 Å². The van der Waals surface area contributed by atoms with Crippen molar-refractivity contribution in [1.82, 2.24) is 4.40 Å². The first-order valence-electron chi connectivity index (χ1n) is 8.25. The van der Waals surface area contributed by atoms with Crippen LogP contribution in [0.5, 0.6) is 0 Å². The van der Waals surface area contributed by atoms with Crippen molar-refractivity contribution in [3.63, 3.8) is 0 Å². The molecule has 150 valence electrons. The van der Waals surface area contributed by atoms with Gasteiger partial charge in [0.25, 0.3) is 0 Å². The van der Waals surface area contributed by atoms with Gasteiger partial charge in [0.1, 0.15) is 17.3 Å². The van der Waals surface area contributed by atoms with Crippen molar-refractivity contribution < 1.29 is 42.5 Å². The van der Waals surface area contributed by atoms with E-state index in [1.165, 1.54) is 10.6 Å². The SMILES string of the molecule is COC(=O)c1c(C(=O)OC)c(C(=O)OC)[n+]2cc3ccccn3c2c1C(=O)OC. The van der Waals surface area contributed by atoms with Gasteiger partial charge in [-0.3, -0.25) is 0 Å². The zero-order valence-corrected chi connectivity index (χ0v) is 16.0. The zero-order valence-electron chi connectivity index (χ0n) is 16.0. The largest absolute Gasteiger partial charge is 0.465 e. The van der Waals surface area contributed by atoms with Gasteiger partial charge in [-0.1, -0.05) is 6.07 Å². The number of rotatable bonds is 4. The van der Waals surface area contributed by atoms with Crippen LogP contribution >= 0.6 is 0 Å². The van der Waals surface area contributed by atoms with Crippen molar-refractivity contribution in [2.45, 2.75) is 0 Å². The van der Waals surface area contributed by atoms with Gasteiger partial charge in [0.15, 0.2) is 11.1 Å². The third-order valence-electron chi connectivity index (χ3n) is 4.36. The second-order valence-corrected chi connectivity index (χ2v) is 5.76. The standard InChI is InChI=1S/C19H17N2O8/c1-26-16(22)11-12(17(23)27-2)14(19(25)29-4)21-9-10-7-5-6-8-20(10)15(21)13(11)18(24)28-3/h5-9H,1-4H3/q+1. The number of aromatic nitrogens is 2. The van der Waals surface area contributed by atoms with Gasteiger partial charge in [0, 0.05) is 0 Å². The highest BCUT2D eigenvalue weighted by Gasteiger charge is 2.41. The lowest BCUT2D eigenvalue weighted by atomic mass is 9.99. The maximum Gasteiger partial charge on any atom is 0.379 e. The van der Waals surface area contributed by atoms with Gasteiger partial charge in [0.05, 0.1) is 34.6 Å². The van der Waals surface area contributed by atoms with Crippen molar-refractivity contribution in [3.05, 3.63) is 53.0 Å². The van der Waals surface area contributed by atoms with Crippen LogP contribution in [0, 0.1) is 0 Å². The number of hydrogen-bond acceptors (Lipinski definition) is 8. The Morgan fingerprint density at radius 1 is 0.759 bits per heavy atom. The Balaban J connectivity index is 2.73. The first kappa shape index (κ1) is 19.8. The van der Waals surface area contributed by atoms with Crippen LogP contribution < -0.4 is 4.40 Å². The predicted molar refractivity (Wildman–Crippen MR) is 95.9 cm³/mol. The molecule has 0 unspecified atom stereocenters. The van der Waals surface area contributed by atoms with Crippen LogP contribution in [0.4, 0.5) is 0 Å². The van der Waals surface area contributed by atoms with Crippen LogP contribution in [0.1, 0.15) is 41.6 Å². The molecule has 0 saturated carbocycles. The van der Waals surface area contributed by atoms with E-state index < -0.39 is 35.0 Å². The predicted octanol–water partition coefficient (Wildman–Crippen LogP) is 0.824. The first-order valence-corrected chi connectivity index (χ1v) is 8.25. The number of fused-ring (bicyclic) bond motifs is 3. The molecular formula is C19H17N2O8+. The van der Waals surface area contributed by atoms with Crippen LogP contribution in [0.2, 0.25) is 0 Å². The first-order chi connectivity index (χ1) is 13.9. The van der Waals surface area contributed by atoms with Gasteiger partial charge >= 0.3 is 29.5 Å². The third kappa shape index (κ3) is 2.94. The highest BCUT2D eigenvalue weighted by atomic mass is 16.5. The fraction of sp³-hybridized carbons (Fsp3) is 0.211. The summed E-state index contributed by atoms with van der Waals surface area (Å²) in [6, 6.07) is 5.15. The fourth-order valence-corrected chi connectivity index (χ4v) is 3.15. The summed E-state index contributed by atoms with van der Waals surface area (Å²) in [4.78, 5) is 50.6. The van der Waals surface area contributed by atoms with Gasteiger partial charge in [-0.25, -0.2) is 19.2 Å². The molecule has 0 radical (unpaired) electrons. The number of pyridine rings is 2. The highest BCUT2D eigenvalue weighted by molar-refractivity contribution is 6.15. The lowest BCUT2D eigenvalue weighted by Gasteiger charge is -2.13. The minimum absolute atomic E-state index is 0.112. The summed E-state index contributed by atoms with van der Waals surface area (Å²) in [6.07, 6.45) is 3.14. The Morgan fingerprint density at radius 3 is 1.90 bits per heavy atom. The van der Waals surface area contributed by atoms with Crippen molar-refractivity contribution in [1.29, 1.82) is 0 Å². The second kappa shape index (κ2) is 7.58. The number of ether oxygens (including phenoxy) is 4. The zero-order chi connectivity index (χ0) is 21.3. The monoisotopic (exact) mass is 401 g/mol. The topological polar surface area (TPSA) is 114 Å². The molecule has 0 amide bonds. The molecule has 10 heteroatoms. The number of carbonyl (C=O) groups excluding carboxylic acids is 4. The van der Waals surface area contributed by atoms with Gasteiger partial charge in [-0.15, -0.1) is 0 Å². The smallest absolute Gasteiger partial charge is 0.379 e. The summed E-state index contributed by atoms with van der Waals surface area (Å²) in [7, 11) is 4.41. The van der Waals surface area contributed by atoms with Crippen molar-refractivity contribution in [2.24, 2.45) is 0 Å². The highest BCUT2D eigenvalue weighted by Crippen LogP contribution is 2.26. The van der Waals surface area contributed by atoms with E-state index in [1.54, 1.807) is 28.8 Å². The summed E-state index contributed by atoms with van der Waals surface area (Å²) in [6.45, 7) is 0. The van der Waals surface area contributed by atoms with E-state index in [-0.39, 0.29) is 16.9 Å². The summed E-state index contributed by atoms with van der Waals surface area (Å²) in [5, 5.41) is 0. The maximum atomic E-state index is 12.7. The molecule has 3 rings (SSSR count). The minimum Gasteiger partial charge on any atom is -0.465 e. The van der Waals surface area contributed by atoms with Gasteiger partial charge < -0.3 is 18.9 Å². The van der Waals surface area contributed by atoms with Crippen molar-refractivity contribution >= 4 is 35.0 Å². The molecule has 0 saturated heterocycles. The van der Waals surface area contributed by atoms with Gasteiger partial charge in [0.2, 0.25) is 5.69 Å². The number of hydrogen-bond donors (Lipinski definition) is 0. The van der Waals surface area contributed by atoms with Gasteiger partial charge in [-0.05, 0) is 12.1 Å². The summed E-state index contributed by atoms with van der Waals surface area (Å²) in [5.41, 5.74) is -0.818. The molecule has 0 aliphatic carbocycles. The second-order valence-electron chi connectivity index (χ2n) is 5.76. The molecule has 0 atom stereocenters. The van der Waals surface area contributed by atoms with Crippen LogP contribution in [-0.2, 0) is 18.9 Å². The van der Waals surface area contributed by atoms with Crippen molar-refractivity contribution in [2.75, 3.05) is 28.4 Å². The molecule has 0 fully saturated rings. The lowest BCUT2D eigenvalue weighted by Crippen LogP contribution is -2.38. The van der Waals surface area contributed by atoms with Crippen molar-refractivity contribution in [3.8, 4) is 0 Å². The third-order valence-corrected chi connectivity index (χ3v) is 4.36. The molecule has 0 bridgehead atoms. The number of carbonyl (C=O) groups is 4. The number of imidazole rings is 1. The van der Waals surface area contributed by atoms with Crippen LogP contribution in [0.25, 0.3) is 11.2 Å². The molecule has 10 nitrogen and oxygen atoms in total. The maximum absolute atomic E-state index is 12.7. The minimum atomic E-state index is -1.03. The fourth-order valence-electron chi connectivity index (χ4n) is 3.15. The molecule has 0 N–H and O–H groups in total. The van der Waals surface area contributed by atoms with Crippen LogP contribution in [0.3, 0.4) is 0 Å². The van der Waals surface area contributed by atoms with Crippen LogP contribution in [-0.4, -0.2) is 56.7 Å². The van der Waals surface area contributed by atoms with E-state index in [4.69, 9.17) is 18.9 Å². The Labute approximate surface area is 164 Å². The summed E-state index contributed by atoms with van der Waals surface area (Å²) >= 11 is 0.